The molecule has 0 amide bonds. The molecule has 0 spiro atoms. The maximum atomic E-state index is 13.2. The summed E-state index contributed by atoms with van der Waals surface area (Å²) in [5, 5.41) is 19.8. The first-order valence-electron chi connectivity index (χ1n) is 7.54. The number of fused-ring (bicyclic) bond motifs is 2. The van der Waals surface area contributed by atoms with Crippen LogP contribution < -0.4 is 0 Å². The van der Waals surface area contributed by atoms with Gasteiger partial charge in [-0.1, -0.05) is 12.1 Å². The number of aliphatic carboxylic acids is 1. The normalized spacial score (nSPS) is 38.4. The standard InChI is InChI=1S/C17H21FO3/c1-16(21)8-12-2-3-13(9-16)17(12,10-15(19)20)11-4-6-14(18)7-5-11/h4-7,12-13,21H,2-3,8-10H2,1H3,(H,19,20)/t12?,13?,16-,17+. The summed E-state index contributed by atoms with van der Waals surface area (Å²) < 4.78 is 13.2. The van der Waals surface area contributed by atoms with E-state index in [4.69, 9.17) is 0 Å². The molecule has 0 aromatic heterocycles. The predicted molar refractivity (Wildman–Crippen MR) is 76.4 cm³/mol. The van der Waals surface area contributed by atoms with Gasteiger partial charge in [0.05, 0.1) is 12.0 Å². The Morgan fingerprint density at radius 1 is 1.24 bits per heavy atom. The molecule has 3 rings (SSSR count). The number of halogens is 1. The van der Waals surface area contributed by atoms with Gasteiger partial charge < -0.3 is 10.2 Å². The van der Waals surface area contributed by atoms with Crippen molar-refractivity contribution >= 4 is 5.97 Å². The van der Waals surface area contributed by atoms with Gasteiger partial charge in [-0.05, 0) is 62.1 Å². The van der Waals surface area contributed by atoms with E-state index in [2.05, 4.69) is 0 Å². The molecule has 0 heterocycles. The van der Waals surface area contributed by atoms with E-state index in [1.54, 1.807) is 12.1 Å². The van der Waals surface area contributed by atoms with Crippen LogP contribution in [0.25, 0.3) is 0 Å². The zero-order valence-corrected chi connectivity index (χ0v) is 12.2. The summed E-state index contributed by atoms with van der Waals surface area (Å²) >= 11 is 0. The van der Waals surface area contributed by atoms with Crippen molar-refractivity contribution in [3.05, 3.63) is 35.6 Å². The molecule has 0 saturated heterocycles. The molecule has 1 aromatic rings. The predicted octanol–water partition coefficient (Wildman–Crippen LogP) is 3.11. The Morgan fingerprint density at radius 3 is 2.24 bits per heavy atom. The van der Waals surface area contributed by atoms with Gasteiger partial charge in [0.15, 0.2) is 0 Å². The van der Waals surface area contributed by atoms with E-state index in [0.717, 1.165) is 18.4 Å². The number of aliphatic hydroxyl groups is 1. The Hall–Kier alpha value is -1.42. The fourth-order valence-corrected chi connectivity index (χ4v) is 4.84. The molecule has 3 nitrogen and oxygen atoms in total. The van der Waals surface area contributed by atoms with E-state index < -0.39 is 17.0 Å². The van der Waals surface area contributed by atoms with E-state index in [-0.39, 0.29) is 24.1 Å². The summed E-state index contributed by atoms with van der Waals surface area (Å²) in [5.41, 5.74) is -0.260. The van der Waals surface area contributed by atoms with Crippen LogP contribution in [-0.2, 0) is 10.2 Å². The Bertz CT molecular complexity index is 534. The number of benzene rings is 1. The summed E-state index contributed by atoms with van der Waals surface area (Å²) in [4.78, 5) is 11.5. The van der Waals surface area contributed by atoms with Gasteiger partial charge in [-0.15, -0.1) is 0 Å². The third-order valence-electron chi connectivity index (χ3n) is 5.52. The van der Waals surface area contributed by atoms with Crippen molar-refractivity contribution in [2.75, 3.05) is 0 Å². The van der Waals surface area contributed by atoms with Crippen LogP contribution in [-0.4, -0.2) is 21.8 Å². The lowest BCUT2D eigenvalue weighted by Gasteiger charge is -2.48. The largest absolute Gasteiger partial charge is 0.481 e. The second-order valence-electron chi connectivity index (χ2n) is 6.99. The van der Waals surface area contributed by atoms with Crippen LogP contribution in [0, 0.1) is 17.7 Å². The van der Waals surface area contributed by atoms with Crippen molar-refractivity contribution in [1.82, 2.24) is 0 Å². The molecule has 2 bridgehead atoms. The van der Waals surface area contributed by atoms with Crippen LogP contribution in [0.15, 0.2) is 24.3 Å². The second kappa shape index (κ2) is 4.80. The summed E-state index contributed by atoms with van der Waals surface area (Å²) in [6.45, 7) is 1.84. The zero-order valence-electron chi connectivity index (χ0n) is 12.2. The molecule has 21 heavy (non-hydrogen) atoms. The van der Waals surface area contributed by atoms with Crippen molar-refractivity contribution in [1.29, 1.82) is 0 Å². The van der Waals surface area contributed by atoms with Crippen LogP contribution in [0.1, 0.15) is 44.6 Å². The Labute approximate surface area is 123 Å². The zero-order chi connectivity index (χ0) is 15.3. The van der Waals surface area contributed by atoms with E-state index in [1.807, 2.05) is 6.92 Å². The monoisotopic (exact) mass is 292 g/mol. The fraction of sp³-hybridized carbons (Fsp3) is 0.588. The highest BCUT2D eigenvalue weighted by atomic mass is 19.1. The van der Waals surface area contributed by atoms with E-state index in [1.165, 1.54) is 12.1 Å². The summed E-state index contributed by atoms with van der Waals surface area (Å²) in [6, 6.07) is 6.27. The molecule has 2 aliphatic carbocycles. The maximum Gasteiger partial charge on any atom is 0.304 e. The lowest BCUT2D eigenvalue weighted by atomic mass is 9.57. The van der Waals surface area contributed by atoms with Gasteiger partial charge in [-0.2, -0.15) is 0 Å². The molecule has 1 aromatic carbocycles. The van der Waals surface area contributed by atoms with Gasteiger partial charge in [0, 0.05) is 5.41 Å². The molecule has 4 heteroatoms. The molecule has 2 aliphatic rings. The smallest absolute Gasteiger partial charge is 0.304 e. The van der Waals surface area contributed by atoms with Crippen LogP contribution in [0.3, 0.4) is 0 Å². The van der Waals surface area contributed by atoms with E-state index in [9.17, 15) is 19.4 Å². The van der Waals surface area contributed by atoms with Gasteiger partial charge in [0.1, 0.15) is 5.82 Å². The van der Waals surface area contributed by atoms with Crippen molar-refractivity contribution in [3.8, 4) is 0 Å². The molecule has 114 valence electrons. The first-order valence-corrected chi connectivity index (χ1v) is 7.54. The summed E-state index contributed by atoms with van der Waals surface area (Å²) in [5.74, 6) is -0.835. The minimum atomic E-state index is -0.822. The minimum Gasteiger partial charge on any atom is -0.481 e. The lowest BCUT2D eigenvalue weighted by Crippen LogP contribution is -2.49. The first kappa shape index (κ1) is 14.5. The molecule has 2 unspecified atom stereocenters. The van der Waals surface area contributed by atoms with E-state index >= 15 is 0 Å². The van der Waals surface area contributed by atoms with E-state index in [0.29, 0.717) is 12.8 Å². The second-order valence-corrected chi connectivity index (χ2v) is 6.99. The molecule has 2 fully saturated rings. The van der Waals surface area contributed by atoms with Gasteiger partial charge in [-0.25, -0.2) is 4.39 Å². The highest BCUT2D eigenvalue weighted by Gasteiger charge is 2.58. The SMILES string of the molecule is C[C@]1(O)CC2CCC(C1)[C@]2(CC(=O)O)c1ccc(F)cc1. The average molecular weight is 292 g/mol. The number of rotatable bonds is 3. The van der Waals surface area contributed by atoms with Crippen molar-refractivity contribution in [2.45, 2.75) is 50.0 Å². The van der Waals surface area contributed by atoms with Crippen LogP contribution in [0.2, 0.25) is 0 Å². The summed E-state index contributed by atoms with van der Waals surface area (Å²) in [6.07, 6.45) is 3.17. The third kappa shape index (κ3) is 2.35. The average Bonchev–Trinajstić information content (AvgIpc) is 2.59. The highest BCUT2D eigenvalue weighted by Crippen LogP contribution is 2.60. The molecule has 0 radical (unpaired) electrons. The van der Waals surface area contributed by atoms with Gasteiger partial charge in [-0.3, -0.25) is 4.79 Å². The fourth-order valence-electron chi connectivity index (χ4n) is 4.84. The van der Waals surface area contributed by atoms with Crippen molar-refractivity contribution in [3.63, 3.8) is 0 Å². The quantitative estimate of drug-likeness (QED) is 0.900. The first-order chi connectivity index (χ1) is 9.83. The highest BCUT2D eigenvalue weighted by molar-refractivity contribution is 5.69. The number of carboxylic acid groups (broad SMARTS) is 1. The Morgan fingerprint density at radius 2 is 1.76 bits per heavy atom. The minimum absolute atomic E-state index is 0.0596. The maximum absolute atomic E-state index is 13.2. The summed E-state index contributed by atoms with van der Waals surface area (Å²) in [7, 11) is 0. The number of carboxylic acids is 1. The van der Waals surface area contributed by atoms with Crippen LogP contribution in [0.4, 0.5) is 4.39 Å². The van der Waals surface area contributed by atoms with Gasteiger partial charge >= 0.3 is 5.97 Å². The Balaban J connectivity index is 2.07. The molecular formula is C17H21FO3. The molecule has 2 N–H and O–H groups in total. The van der Waals surface area contributed by atoms with Crippen LogP contribution in [0.5, 0.6) is 0 Å². The van der Waals surface area contributed by atoms with Crippen molar-refractivity contribution < 1.29 is 19.4 Å². The van der Waals surface area contributed by atoms with Crippen LogP contribution >= 0.6 is 0 Å². The third-order valence-corrected chi connectivity index (χ3v) is 5.52. The number of hydrogen-bond donors (Lipinski definition) is 2. The van der Waals surface area contributed by atoms with Gasteiger partial charge in [0.2, 0.25) is 0 Å². The Kier molecular flexibility index (Phi) is 3.32. The number of carbonyl (C=O) groups is 1. The number of hydrogen-bond acceptors (Lipinski definition) is 2. The molecular weight excluding hydrogens is 271 g/mol. The molecule has 2 saturated carbocycles. The van der Waals surface area contributed by atoms with Crippen molar-refractivity contribution in [2.24, 2.45) is 11.8 Å². The molecule has 2 atom stereocenters. The van der Waals surface area contributed by atoms with Gasteiger partial charge in [0.25, 0.3) is 0 Å². The topological polar surface area (TPSA) is 57.5 Å². The lowest BCUT2D eigenvalue weighted by molar-refractivity contribution is -0.141. The molecule has 0 aliphatic heterocycles.